The van der Waals surface area contributed by atoms with Gasteiger partial charge in [0.05, 0.1) is 11.6 Å². The Labute approximate surface area is 187 Å². The van der Waals surface area contributed by atoms with Crippen LogP contribution in [0.1, 0.15) is 52.9 Å². The fourth-order valence-corrected chi connectivity index (χ4v) is 5.00. The van der Waals surface area contributed by atoms with Crippen LogP contribution in [-0.4, -0.2) is 34.7 Å². The monoisotopic (exact) mass is 435 g/mol. The van der Waals surface area contributed by atoms with E-state index in [1.54, 1.807) is 0 Å². The number of carboxylic acid groups (broad SMARTS) is 1. The largest absolute Gasteiger partial charge is 0.478 e. The lowest BCUT2D eigenvalue weighted by molar-refractivity contribution is 0.00807. The molecule has 3 aromatic rings. The Morgan fingerprint density at radius 2 is 1.47 bits per heavy atom. The number of hydrogen-bond acceptors (Lipinski definition) is 2. The van der Waals surface area contributed by atoms with Crippen molar-refractivity contribution in [3.63, 3.8) is 0 Å². The van der Waals surface area contributed by atoms with Gasteiger partial charge in [0.2, 0.25) is 0 Å². The summed E-state index contributed by atoms with van der Waals surface area (Å²) < 4.78 is 29.5. The molecule has 0 amide bonds. The molecular formula is C27H27F2NO2. The van der Waals surface area contributed by atoms with Crippen molar-refractivity contribution in [2.45, 2.75) is 31.5 Å². The molecule has 32 heavy (non-hydrogen) atoms. The first-order chi connectivity index (χ1) is 15.2. The molecule has 3 nitrogen and oxygen atoms in total. The average molecular weight is 436 g/mol. The zero-order valence-electron chi connectivity index (χ0n) is 18.2. The van der Waals surface area contributed by atoms with Gasteiger partial charge in [-0.25, -0.2) is 13.6 Å². The van der Waals surface area contributed by atoms with E-state index in [9.17, 15) is 14.3 Å². The van der Waals surface area contributed by atoms with Crippen molar-refractivity contribution in [2.24, 2.45) is 5.92 Å². The van der Waals surface area contributed by atoms with E-state index in [1.165, 1.54) is 26.0 Å². The number of carboxylic acids is 1. The second-order valence-electron chi connectivity index (χ2n) is 9.06. The molecule has 0 aromatic heterocycles. The predicted molar refractivity (Wildman–Crippen MR) is 121 cm³/mol. The molecule has 0 bridgehead atoms. The SMILES string of the molecule is CC(C)(F)C(c1cc(F)cc(C(=O)O)c1)C1CN(C(c2ccccc2)c2ccccc2)C1. The maximum atomic E-state index is 15.4. The summed E-state index contributed by atoms with van der Waals surface area (Å²) in [6.07, 6.45) is 0. The number of rotatable bonds is 7. The molecule has 0 saturated carbocycles. The van der Waals surface area contributed by atoms with Crippen LogP contribution in [0.25, 0.3) is 0 Å². The molecular weight excluding hydrogens is 408 g/mol. The van der Waals surface area contributed by atoms with Crippen LogP contribution in [0.3, 0.4) is 0 Å². The minimum absolute atomic E-state index is 0.0408. The minimum Gasteiger partial charge on any atom is -0.478 e. The third kappa shape index (κ3) is 4.58. The van der Waals surface area contributed by atoms with Crippen LogP contribution in [0.5, 0.6) is 0 Å². The van der Waals surface area contributed by atoms with Gasteiger partial charge in [-0.15, -0.1) is 0 Å². The fraction of sp³-hybridized carbons (Fsp3) is 0.296. The highest BCUT2D eigenvalue weighted by Gasteiger charge is 2.45. The maximum Gasteiger partial charge on any atom is 0.335 e. The fourth-order valence-electron chi connectivity index (χ4n) is 5.00. The molecule has 1 fully saturated rings. The van der Waals surface area contributed by atoms with Crippen molar-refractivity contribution in [1.82, 2.24) is 4.90 Å². The molecule has 5 heteroatoms. The Bertz CT molecular complexity index is 1030. The van der Waals surface area contributed by atoms with E-state index in [1.807, 2.05) is 36.4 Å². The Kier molecular flexibility index (Phi) is 6.11. The van der Waals surface area contributed by atoms with E-state index in [-0.39, 0.29) is 17.5 Å². The summed E-state index contributed by atoms with van der Waals surface area (Å²) >= 11 is 0. The van der Waals surface area contributed by atoms with Crippen LogP contribution in [0, 0.1) is 11.7 Å². The van der Waals surface area contributed by atoms with E-state index in [0.717, 1.165) is 17.2 Å². The van der Waals surface area contributed by atoms with E-state index in [4.69, 9.17) is 0 Å². The van der Waals surface area contributed by atoms with Gasteiger partial charge in [-0.2, -0.15) is 0 Å². The molecule has 0 spiro atoms. The number of likely N-dealkylation sites (tertiary alicyclic amines) is 1. The molecule has 1 unspecified atom stereocenters. The molecule has 0 aliphatic carbocycles. The molecule has 4 rings (SSSR count). The van der Waals surface area contributed by atoms with Gasteiger partial charge in [-0.05, 0) is 54.7 Å². The highest BCUT2D eigenvalue weighted by Crippen LogP contribution is 2.45. The second-order valence-corrected chi connectivity index (χ2v) is 9.06. The van der Waals surface area contributed by atoms with Crippen LogP contribution < -0.4 is 0 Å². The normalized spacial score (nSPS) is 16.0. The van der Waals surface area contributed by atoms with Gasteiger partial charge in [0.1, 0.15) is 11.5 Å². The number of carbonyl (C=O) groups is 1. The minimum atomic E-state index is -1.63. The topological polar surface area (TPSA) is 40.5 Å². The summed E-state index contributed by atoms with van der Waals surface area (Å²) in [6.45, 7) is 4.23. The first-order valence-corrected chi connectivity index (χ1v) is 10.8. The van der Waals surface area contributed by atoms with Gasteiger partial charge in [0, 0.05) is 19.0 Å². The molecule has 1 heterocycles. The molecule has 1 aliphatic rings. The van der Waals surface area contributed by atoms with E-state index in [0.29, 0.717) is 18.7 Å². The number of aromatic carboxylic acids is 1. The number of alkyl halides is 1. The lowest BCUT2D eigenvalue weighted by atomic mass is 9.72. The zero-order valence-corrected chi connectivity index (χ0v) is 18.2. The quantitative estimate of drug-likeness (QED) is 0.489. The third-order valence-corrected chi connectivity index (χ3v) is 6.27. The lowest BCUT2D eigenvalue weighted by Gasteiger charge is -2.50. The molecule has 166 valence electrons. The van der Waals surface area contributed by atoms with Crippen molar-refractivity contribution < 1.29 is 18.7 Å². The van der Waals surface area contributed by atoms with Crippen LogP contribution in [0.2, 0.25) is 0 Å². The average Bonchev–Trinajstić information content (AvgIpc) is 2.72. The lowest BCUT2D eigenvalue weighted by Crippen LogP contribution is -2.53. The maximum absolute atomic E-state index is 15.4. The summed E-state index contributed by atoms with van der Waals surface area (Å²) in [4.78, 5) is 13.7. The van der Waals surface area contributed by atoms with Gasteiger partial charge in [0.25, 0.3) is 0 Å². The number of halogens is 2. The van der Waals surface area contributed by atoms with Gasteiger partial charge in [-0.3, -0.25) is 4.90 Å². The second kappa shape index (κ2) is 8.83. The number of benzene rings is 3. The van der Waals surface area contributed by atoms with Crippen molar-refractivity contribution in [3.05, 3.63) is 107 Å². The van der Waals surface area contributed by atoms with Gasteiger partial charge >= 0.3 is 5.97 Å². The van der Waals surface area contributed by atoms with E-state index >= 15 is 4.39 Å². The van der Waals surface area contributed by atoms with Crippen molar-refractivity contribution >= 4 is 5.97 Å². The Balaban J connectivity index is 1.63. The summed E-state index contributed by atoms with van der Waals surface area (Å²) in [6, 6.07) is 24.1. The zero-order chi connectivity index (χ0) is 22.9. The highest BCUT2D eigenvalue weighted by molar-refractivity contribution is 5.87. The van der Waals surface area contributed by atoms with Crippen molar-refractivity contribution in [1.29, 1.82) is 0 Å². The molecule has 3 aromatic carbocycles. The highest BCUT2D eigenvalue weighted by atomic mass is 19.1. The first kappa shape index (κ1) is 22.2. The summed E-state index contributed by atoms with van der Waals surface area (Å²) in [5.41, 5.74) is 0.932. The molecule has 1 saturated heterocycles. The standard InChI is InChI=1S/C27H27F2NO2/c1-27(2,29)24(20-13-21(26(31)32)15-23(28)14-20)22-16-30(17-22)25(18-9-5-3-6-10-18)19-11-7-4-8-12-19/h3-15,22,24-25H,16-17H2,1-2H3,(H,31,32). The molecule has 1 N–H and O–H groups in total. The Hall–Kier alpha value is -3.05. The van der Waals surface area contributed by atoms with E-state index in [2.05, 4.69) is 29.2 Å². The van der Waals surface area contributed by atoms with Gasteiger partial charge in [0.15, 0.2) is 0 Å². The van der Waals surface area contributed by atoms with Crippen LogP contribution >= 0.6 is 0 Å². The van der Waals surface area contributed by atoms with Crippen LogP contribution in [0.15, 0.2) is 78.9 Å². The molecule has 0 radical (unpaired) electrons. The van der Waals surface area contributed by atoms with Crippen LogP contribution in [0.4, 0.5) is 8.78 Å². The Morgan fingerprint density at radius 1 is 0.938 bits per heavy atom. The number of nitrogens with zero attached hydrogens (tertiary/aromatic N) is 1. The first-order valence-electron chi connectivity index (χ1n) is 10.8. The summed E-state index contributed by atoms with van der Waals surface area (Å²) in [5.74, 6) is -2.55. The van der Waals surface area contributed by atoms with Gasteiger partial charge in [-0.1, -0.05) is 60.7 Å². The van der Waals surface area contributed by atoms with Crippen molar-refractivity contribution in [2.75, 3.05) is 13.1 Å². The predicted octanol–water partition coefficient (Wildman–Crippen LogP) is 6.08. The third-order valence-electron chi connectivity index (χ3n) is 6.27. The van der Waals surface area contributed by atoms with Crippen molar-refractivity contribution in [3.8, 4) is 0 Å². The van der Waals surface area contributed by atoms with Gasteiger partial charge < -0.3 is 5.11 Å². The smallest absolute Gasteiger partial charge is 0.335 e. The Morgan fingerprint density at radius 3 is 1.94 bits per heavy atom. The summed E-state index contributed by atoms with van der Waals surface area (Å²) in [5, 5.41) is 9.33. The van der Waals surface area contributed by atoms with E-state index < -0.39 is 23.4 Å². The number of hydrogen-bond donors (Lipinski definition) is 1. The van der Waals surface area contributed by atoms with Crippen LogP contribution in [-0.2, 0) is 0 Å². The molecule has 1 atom stereocenters. The molecule has 1 aliphatic heterocycles. The summed E-state index contributed by atoms with van der Waals surface area (Å²) in [7, 11) is 0.